The minimum absolute atomic E-state index is 0.136. The van der Waals surface area contributed by atoms with Crippen LogP contribution in [0.15, 0.2) is 49.0 Å². The van der Waals surface area contributed by atoms with E-state index < -0.39 is 11.9 Å². The maximum absolute atomic E-state index is 13.4. The first-order valence-electron chi connectivity index (χ1n) is 11.5. The van der Waals surface area contributed by atoms with Gasteiger partial charge in [0.25, 0.3) is 0 Å². The molecule has 35 heavy (non-hydrogen) atoms. The molecule has 4 aromatic heterocycles. The third-order valence-corrected chi connectivity index (χ3v) is 6.65. The average molecular weight is 477 g/mol. The summed E-state index contributed by atoms with van der Waals surface area (Å²) >= 11 is 0. The van der Waals surface area contributed by atoms with Gasteiger partial charge in [-0.25, -0.2) is 15.0 Å². The van der Waals surface area contributed by atoms with Crippen molar-refractivity contribution in [3.8, 4) is 11.4 Å². The van der Waals surface area contributed by atoms with Gasteiger partial charge in [-0.3, -0.25) is 4.98 Å². The lowest BCUT2D eigenvalue weighted by Gasteiger charge is -2.31. The summed E-state index contributed by atoms with van der Waals surface area (Å²) in [6.07, 6.45) is 7.31. The molecule has 0 radical (unpaired) electrons. The second-order valence-corrected chi connectivity index (χ2v) is 8.98. The van der Waals surface area contributed by atoms with Gasteiger partial charge in [0.1, 0.15) is 17.2 Å². The van der Waals surface area contributed by atoms with Crippen molar-refractivity contribution in [3.05, 3.63) is 60.2 Å². The second-order valence-electron chi connectivity index (χ2n) is 8.98. The first kappa shape index (κ1) is 21.7. The van der Waals surface area contributed by atoms with E-state index in [9.17, 15) is 13.2 Å². The number of alkyl halides is 3. The molecule has 0 amide bonds. The predicted molar refractivity (Wildman–Crippen MR) is 129 cm³/mol. The maximum Gasteiger partial charge on any atom is 0.431 e. The Labute approximate surface area is 198 Å². The molecule has 1 aliphatic heterocycles. The Bertz CT molecular complexity index is 1500. The SMILES string of the molecule is C[C@@H]1CNCC[C@@H]1Nc1nc(-c2ccnc3[nH]c(C(F)(F)F)cc23)nc2cncc(C3=CC=C3)c12. The van der Waals surface area contributed by atoms with Gasteiger partial charge in [-0.05, 0) is 43.1 Å². The van der Waals surface area contributed by atoms with Crippen LogP contribution in [0.5, 0.6) is 0 Å². The van der Waals surface area contributed by atoms with Crippen molar-refractivity contribution in [3.63, 3.8) is 0 Å². The van der Waals surface area contributed by atoms with Crippen LogP contribution in [0.3, 0.4) is 0 Å². The molecule has 178 valence electrons. The molecule has 4 aromatic rings. The van der Waals surface area contributed by atoms with Crippen molar-refractivity contribution in [1.82, 2.24) is 30.2 Å². The predicted octanol–water partition coefficient (Wildman–Crippen LogP) is 4.95. The number of piperidine rings is 1. The summed E-state index contributed by atoms with van der Waals surface area (Å²) in [6.45, 7) is 3.97. The molecule has 1 aliphatic carbocycles. The van der Waals surface area contributed by atoms with Crippen LogP contribution >= 0.6 is 0 Å². The standard InChI is InChI=1S/C25H22F3N7/c1-13-10-29-7-6-18(13)32-24-21-17(14-3-2-4-14)11-30-12-19(21)33-23(35-24)15-5-8-31-22-16(15)9-20(34-22)25(26,27)28/h2-5,8-9,11-13,18,29H,6-7,10H2,1H3,(H,31,34)(H,32,33,35)/t13-,18+/m1/s1. The zero-order chi connectivity index (χ0) is 24.2. The topological polar surface area (TPSA) is 91.4 Å². The molecule has 2 atom stereocenters. The molecular weight excluding hydrogens is 455 g/mol. The van der Waals surface area contributed by atoms with Crippen LogP contribution in [-0.2, 0) is 6.18 Å². The minimum atomic E-state index is -4.51. The summed E-state index contributed by atoms with van der Waals surface area (Å²) in [5.74, 6) is 1.34. The summed E-state index contributed by atoms with van der Waals surface area (Å²) in [6, 6.07) is 2.89. The fraction of sp³-hybridized carbons (Fsp3) is 0.280. The largest absolute Gasteiger partial charge is 0.431 e. The van der Waals surface area contributed by atoms with Gasteiger partial charge >= 0.3 is 6.18 Å². The molecule has 3 N–H and O–H groups in total. The number of nitrogens with one attached hydrogen (secondary N) is 3. The van der Waals surface area contributed by atoms with Gasteiger partial charge in [0.15, 0.2) is 5.82 Å². The van der Waals surface area contributed by atoms with E-state index in [1.54, 1.807) is 18.5 Å². The zero-order valence-corrected chi connectivity index (χ0v) is 18.8. The highest BCUT2D eigenvalue weighted by atomic mass is 19.4. The maximum atomic E-state index is 13.4. The Kier molecular flexibility index (Phi) is 5.06. The van der Waals surface area contributed by atoms with Gasteiger partial charge in [0.2, 0.25) is 0 Å². The van der Waals surface area contributed by atoms with Crippen molar-refractivity contribution in [2.75, 3.05) is 18.4 Å². The normalized spacial score (nSPS) is 20.2. The molecular formula is C25H22F3N7. The Morgan fingerprint density at radius 2 is 2.00 bits per heavy atom. The van der Waals surface area contributed by atoms with E-state index in [0.717, 1.165) is 42.1 Å². The summed E-state index contributed by atoms with van der Waals surface area (Å²) in [5.41, 5.74) is 2.32. The number of aromatic amines is 1. The first-order valence-corrected chi connectivity index (χ1v) is 11.5. The van der Waals surface area contributed by atoms with Gasteiger partial charge in [-0.2, -0.15) is 13.2 Å². The van der Waals surface area contributed by atoms with E-state index in [2.05, 4.69) is 32.5 Å². The molecule has 0 spiro atoms. The summed E-state index contributed by atoms with van der Waals surface area (Å²) in [7, 11) is 0. The van der Waals surface area contributed by atoms with Crippen LogP contribution in [0.1, 0.15) is 24.6 Å². The first-order chi connectivity index (χ1) is 16.9. The van der Waals surface area contributed by atoms with Crippen LogP contribution in [-0.4, -0.2) is 44.1 Å². The van der Waals surface area contributed by atoms with E-state index in [4.69, 9.17) is 9.97 Å². The molecule has 1 saturated heterocycles. The number of aromatic nitrogens is 5. The summed E-state index contributed by atoms with van der Waals surface area (Å²) in [4.78, 5) is 20.5. The number of fused-ring (bicyclic) bond motifs is 2. The molecule has 5 heterocycles. The van der Waals surface area contributed by atoms with Crippen LogP contribution in [0.4, 0.5) is 19.0 Å². The zero-order valence-electron chi connectivity index (χ0n) is 18.8. The van der Waals surface area contributed by atoms with Gasteiger partial charge in [-0.1, -0.05) is 25.2 Å². The number of anilines is 1. The van der Waals surface area contributed by atoms with Gasteiger partial charge in [0, 0.05) is 34.9 Å². The van der Waals surface area contributed by atoms with Gasteiger partial charge < -0.3 is 15.6 Å². The van der Waals surface area contributed by atoms with Crippen molar-refractivity contribution in [1.29, 1.82) is 0 Å². The van der Waals surface area contributed by atoms with E-state index in [1.165, 1.54) is 6.20 Å². The number of rotatable bonds is 4. The highest BCUT2D eigenvalue weighted by Gasteiger charge is 2.33. The van der Waals surface area contributed by atoms with Crippen LogP contribution < -0.4 is 10.6 Å². The molecule has 0 saturated carbocycles. The van der Waals surface area contributed by atoms with E-state index in [0.29, 0.717) is 34.0 Å². The Balaban J connectivity index is 1.55. The number of halogens is 3. The monoisotopic (exact) mass is 477 g/mol. The number of allylic oxidation sites excluding steroid dienone is 4. The lowest BCUT2D eigenvalue weighted by Crippen LogP contribution is -2.42. The Morgan fingerprint density at radius 1 is 1.14 bits per heavy atom. The number of hydrogen-bond acceptors (Lipinski definition) is 6. The Hall–Kier alpha value is -3.79. The lowest BCUT2D eigenvalue weighted by atomic mass is 9.94. The fourth-order valence-corrected chi connectivity index (χ4v) is 4.68. The van der Waals surface area contributed by atoms with E-state index in [1.807, 2.05) is 18.2 Å². The van der Waals surface area contributed by atoms with Crippen molar-refractivity contribution in [2.45, 2.75) is 25.6 Å². The van der Waals surface area contributed by atoms with Gasteiger partial charge in [0.05, 0.1) is 17.1 Å². The molecule has 2 aliphatic rings. The van der Waals surface area contributed by atoms with Crippen LogP contribution in [0, 0.1) is 5.92 Å². The molecule has 1 fully saturated rings. The van der Waals surface area contributed by atoms with Crippen LogP contribution in [0.2, 0.25) is 0 Å². The smallest absolute Gasteiger partial charge is 0.366 e. The highest BCUT2D eigenvalue weighted by Crippen LogP contribution is 2.37. The third-order valence-electron chi connectivity index (χ3n) is 6.65. The second kappa shape index (κ2) is 8.16. The number of nitrogens with zero attached hydrogens (tertiary/aromatic N) is 4. The molecule has 7 nitrogen and oxygen atoms in total. The van der Waals surface area contributed by atoms with Crippen molar-refractivity contribution >= 4 is 33.3 Å². The minimum Gasteiger partial charge on any atom is -0.366 e. The van der Waals surface area contributed by atoms with Crippen molar-refractivity contribution in [2.24, 2.45) is 5.92 Å². The molecule has 0 bridgehead atoms. The quantitative estimate of drug-likeness (QED) is 0.385. The van der Waals surface area contributed by atoms with Gasteiger partial charge in [-0.15, -0.1) is 0 Å². The Morgan fingerprint density at radius 3 is 2.74 bits per heavy atom. The molecule has 10 heteroatoms. The number of pyridine rings is 2. The number of hydrogen-bond donors (Lipinski definition) is 3. The molecule has 0 unspecified atom stereocenters. The lowest BCUT2D eigenvalue weighted by molar-refractivity contribution is -0.140. The molecule has 0 aromatic carbocycles. The average Bonchev–Trinajstić information content (AvgIpc) is 3.25. The molecule has 6 rings (SSSR count). The summed E-state index contributed by atoms with van der Waals surface area (Å²) in [5, 5.41) is 8.20. The van der Waals surface area contributed by atoms with E-state index >= 15 is 0 Å². The van der Waals surface area contributed by atoms with Crippen LogP contribution in [0.25, 0.3) is 38.9 Å². The van der Waals surface area contributed by atoms with Crippen molar-refractivity contribution < 1.29 is 13.2 Å². The fourth-order valence-electron chi connectivity index (χ4n) is 4.68. The summed E-state index contributed by atoms with van der Waals surface area (Å²) < 4.78 is 40.1. The third kappa shape index (κ3) is 3.83. The number of H-pyrrole nitrogens is 1. The highest BCUT2D eigenvalue weighted by molar-refractivity contribution is 6.03. The van der Waals surface area contributed by atoms with E-state index in [-0.39, 0.29) is 11.7 Å².